The first-order valence-corrected chi connectivity index (χ1v) is 12.6. The topological polar surface area (TPSA) is 85.9 Å². The maximum atomic E-state index is 14.4. The molecule has 3 aromatic carbocycles. The van der Waals surface area contributed by atoms with Crippen molar-refractivity contribution in [3.8, 4) is 5.69 Å². The van der Waals surface area contributed by atoms with Crippen molar-refractivity contribution >= 4 is 22.8 Å². The highest BCUT2D eigenvalue weighted by atomic mass is 19.1. The second-order valence-corrected chi connectivity index (χ2v) is 9.51. The highest BCUT2D eigenvalue weighted by molar-refractivity contribution is 6.21. The summed E-state index contributed by atoms with van der Waals surface area (Å²) in [5.41, 5.74) is 3.28. The summed E-state index contributed by atoms with van der Waals surface area (Å²) in [5.74, 6) is -0.516. The molecule has 1 aliphatic rings. The van der Waals surface area contributed by atoms with Gasteiger partial charge in [0.15, 0.2) is 0 Å². The highest BCUT2D eigenvalue weighted by Gasteiger charge is 2.44. The van der Waals surface area contributed by atoms with E-state index in [1.54, 1.807) is 48.7 Å². The van der Waals surface area contributed by atoms with Crippen LogP contribution in [0.1, 0.15) is 58.5 Å². The summed E-state index contributed by atoms with van der Waals surface area (Å²) in [6.07, 6.45) is 2.40. The molecule has 3 heterocycles. The molecule has 38 heavy (non-hydrogen) atoms. The molecule has 0 aliphatic carbocycles. The summed E-state index contributed by atoms with van der Waals surface area (Å²) in [4.78, 5) is 33.3. The van der Waals surface area contributed by atoms with Crippen LogP contribution in [0.15, 0.2) is 79.0 Å². The first-order chi connectivity index (χ1) is 18.5. The van der Waals surface area contributed by atoms with Crippen LogP contribution in [0.2, 0.25) is 0 Å². The fraction of sp³-hybridized carbons (Fsp3) is 0.207. The van der Waals surface area contributed by atoms with E-state index in [-0.39, 0.29) is 24.3 Å². The van der Waals surface area contributed by atoms with Gasteiger partial charge in [-0.3, -0.25) is 14.5 Å². The van der Waals surface area contributed by atoms with Crippen LogP contribution in [0.5, 0.6) is 0 Å². The molecule has 5 aromatic rings. The Morgan fingerprint density at radius 1 is 0.895 bits per heavy atom. The number of benzene rings is 3. The Hall–Kier alpha value is -4.66. The molecule has 1 aliphatic heterocycles. The van der Waals surface area contributed by atoms with Crippen LogP contribution in [-0.4, -0.2) is 41.3 Å². The van der Waals surface area contributed by atoms with Gasteiger partial charge in [-0.1, -0.05) is 61.9 Å². The van der Waals surface area contributed by atoms with Gasteiger partial charge in [0.2, 0.25) is 0 Å². The van der Waals surface area contributed by atoms with E-state index >= 15 is 0 Å². The smallest absolute Gasteiger partial charge is 0.262 e. The van der Waals surface area contributed by atoms with E-state index in [4.69, 9.17) is 4.98 Å². The number of carbonyl (C=O) groups is 2. The molecule has 8 nitrogen and oxygen atoms in total. The highest BCUT2D eigenvalue weighted by Crippen LogP contribution is 2.38. The molecule has 0 saturated carbocycles. The van der Waals surface area contributed by atoms with Crippen LogP contribution in [0.25, 0.3) is 16.7 Å². The number of rotatable bonds is 7. The molecular formula is C29H25FN6O2. The van der Waals surface area contributed by atoms with Gasteiger partial charge in [0, 0.05) is 0 Å². The molecule has 6 rings (SSSR count). The summed E-state index contributed by atoms with van der Waals surface area (Å²) in [7, 11) is 0. The quantitative estimate of drug-likeness (QED) is 0.283. The van der Waals surface area contributed by atoms with Gasteiger partial charge in [0.25, 0.3) is 11.8 Å². The van der Waals surface area contributed by atoms with Crippen molar-refractivity contribution in [3.63, 3.8) is 0 Å². The minimum Gasteiger partial charge on any atom is -0.320 e. The van der Waals surface area contributed by atoms with Crippen LogP contribution in [-0.2, 0) is 6.54 Å². The van der Waals surface area contributed by atoms with Crippen LogP contribution in [0.4, 0.5) is 4.39 Å². The summed E-state index contributed by atoms with van der Waals surface area (Å²) in [6, 6.07) is 20.3. The molecule has 190 valence electrons. The molecule has 2 atom stereocenters. The minimum absolute atomic E-state index is 0.0677. The average Bonchev–Trinajstić information content (AvgIpc) is 3.62. The number of aromatic nitrogens is 5. The molecule has 0 fully saturated rings. The summed E-state index contributed by atoms with van der Waals surface area (Å²) in [5, 5.41) is 8.43. The lowest BCUT2D eigenvalue weighted by atomic mass is 9.96. The molecule has 2 aromatic heterocycles. The first kappa shape index (κ1) is 23.7. The largest absolute Gasteiger partial charge is 0.320 e. The SMILES string of the molecule is CCC(C)[C@H](c1nc2ccccc2n1Cc1cn(-c2ccccc2F)nn1)N1C(=O)c2ccccc2C1=O. The number of carbonyl (C=O) groups excluding carboxylic acids is 2. The molecule has 0 bridgehead atoms. The number of hydrogen-bond donors (Lipinski definition) is 0. The maximum Gasteiger partial charge on any atom is 0.262 e. The van der Waals surface area contributed by atoms with Crippen molar-refractivity contribution in [1.82, 2.24) is 29.4 Å². The number of nitrogens with zero attached hydrogens (tertiary/aromatic N) is 6. The molecule has 0 saturated heterocycles. The zero-order valence-electron chi connectivity index (χ0n) is 21.0. The number of imidazole rings is 1. The van der Waals surface area contributed by atoms with Crippen molar-refractivity contribution in [2.45, 2.75) is 32.9 Å². The van der Waals surface area contributed by atoms with Crippen molar-refractivity contribution < 1.29 is 14.0 Å². The van der Waals surface area contributed by atoms with Gasteiger partial charge >= 0.3 is 0 Å². The van der Waals surface area contributed by atoms with Crippen LogP contribution < -0.4 is 0 Å². The molecule has 0 N–H and O–H groups in total. The molecule has 1 unspecified atom stereocenters. The fourth-order valence-corrected chi connectivity index (χ4v) is 5.08. The number of fused-ring (bicyclic) bond motifs is 2. The zero-order valence-corrected chi connectivity index (χ0v) is 21.0. The van der Waals surface area contributed by atoms with Gasteiger partial charge in [-0.2, -0.15) is 0 Å². The van der Waals surface area contributed by atoms with E-state index in [0.29, 0.717) is 28.3 Å². The summed E-state index contributed by atoms with van der Waals surface area (Å²) >= 11 is 0. The van der Waals surface area contributed by atoms with E-state index in [2.05, 4.69) is 10.3 Å². The molecule has 0 radical (unpaired) electrons. The second-order valence-electron chi connectivity index (χ2n) is 9.51. The number of para-hydroxylation sites is 3. The Labute approximate surface area is 218 Å². The number of amides is 2. The van der Waals surface area contributed by atoms with E-state index in [1.807, 2.05) is 42.7 Å². The van der Waals surface area contributed by atoms with Gasteiger partial charge in [0.05, 0.1) is 34.9 Å². The first-order valence-electron chi connectivity index (χ1n) is 12.6. The van der Waals surface area contributed by atoms with Gasteiger partial charge < -0.3 is 4.57 Å². The van der Waals surface area contributed by atoms with Crippen LogP contribution >= 0.6 is 0 Å². The lowest BCUT2D eigenvalue weighted by Gasteiger charge is -2.31. The van der Waals surface area contributed by atoms with Crippen molar-refractivity contribution in [2.24, 2.45) is 5.92 Å². The number of imide groups is 1. The Bertz CT molecular complexity index is 1650. The number of halogens is 1. The third-order valence-electron chi connectivity index (χ3n) is 7.20. The minimum atomic E-state index is -0.596. The third-order valence-corrected chi connectivity index (χ3v) is 7.20. The van der Waals surface area contributed by atoms with E-state index in [1.165, 1.54) is 15.6 Å². The Morgan fingerprint density at radius 3 is 2.26 bits per heavy atom. The zero-order chi connectivity index (χ0) is 26.4. The van der Waals surface area contributed by atoms with Crippen LogP contribution in [0.3, 0.4) is 0 Å². The molecule has 9 heteroatoms. The standard InChI is InChI=1S/C29H25FN6O2/c1-3-18(2)26(36-28(37)20-10-4-5-11-21(20)29(36)38)27-31-23-13-7-9-15-25(23)34(27)16-19-17-35(33-32-19)24-14-8-6-12-22(24)30/h4-15,17-18,26H,3,16H2,1-2H3/t18?,26-/m1/s1. The predicted molar refractivity (Wildman–Crippen MR) is 139 cm³/mol. The van der Waals surface area contributed by atoms with Gasteiger partial charge in [-0.05, 0) is 42.3 Å². The normalized spacial score (nSPS) is 14.8. The van der Waals surface area contributed by atoms with E-state index in [9.17, 15) is 14.0 Å². The third kappa shape index (κ3) is 3.78. The molecule has 0 spiro atoms. The Morgan fingerprint density at radius 2 is 1.55 bits per heavy atom. The van der Waals surface area contributed by atoms with E-state index < -0.39 is 11.9 Å². The fourth-order valence-electron chi connectivity index (χ4n) is 5.08. The Balaban J connectivity index is 1.46. The van der Waals surface area contributed by atoms with Crippen LogP contribution in [0, 0.1) is 11.7 Å². The maximum absolute atomic E-state index is 14.4. The summed E-state index contributed by atoms with van der Waals surface area (Å²) < 4.78 is 17.7. The molecule has 2 amide bonds. The van der Waals surface area contributed by atoms with Crippen molar-refractivity contribution in [3.05, 3.63) is 107 Å². The number of hydrogen-bond acceptors (Lipinski definition) is 5. The van der Waals surface area contributed by atoms with Gasteiger partial charge in [-0.25, -0.2) is 14.1 Å². The van der Waals surface area contributed by atoms with Gasteiger partial charge in [0.1, 0.15) is 29.1 Å². The van der Waals surface area contributed by atoms with Crippen molar-refractivity contribution in [1.29, 1.82) is 0 Å². The lowest BCUT2D eigenvalue weighted by Crippen LogP contribution is -2.39. The van der Waals surface area contributed by atoms with Crippen molar-refractivity contribution in [2.75, 3.05) is 0 Å². The van der Waals surface area contributed by atoms with Gasteiger partial charge in [-0.15, -0.1) is 5.10 Å². The monoisotopic (exact) mass is 508 g/mol. The Kier molecular flexibility index (Phi) is 5.83. The lowest BCUT2D eigenvalue weighted by molar-refractivity contribution is 0.0514. The predicted octanol–water partition coefficient (Wildman–Crippen LogP) is 5.19. The average molecular weight is 509 g/mol. The summed E-state index contributed by atoms with van der Waals surface area (Å²) in [6.45, 7) is 4.33. The van der Waals surface area contributed by atoms with E-state index in [0.717, 1.165) is 17.5 Å². The molecular weight excluding hydrogens is 483 g/mol. The second kappa shape index (κ2) is 9.33.